The van der Waals surface area contributed by atoms with E-state index < -0.39 is 11.6 Å². The van der Waals surface area contributed by atoms with Crippen LogP contribution >= 0.6 is 12.4 Å². The predicted molar refractivity (Wildman–Crippen MR) is 93.7 cm³/mol. The Morgan fingerprint density at radius 3 is 2.52 bits per heavy atom. The average Bonchev–Trinajstić information content (AvgIpc) is 3.18. The molecule has 1 amide bonds. The molecule has 2 aromatic rings. The van der Waals surface area contributed by atoms with E-state index in [1.165, 1.54) is 6.07 Å². The highest BCUT2D eigenvalue weighted by Crippen LogP contribution is 2.43. The molecule has 2 aliphatic rings. The van der Waals surface area contributed by atoms with E-state index in [0.717, 1.165) is 30.8 Å². The topological polar surface area (TPSA) is 32.3 Å². The molecule has 2 heterocycles. The number of halogens is 3. The second-order valence-corrected chi connectivity index (χ2v) is 6.52. The molecule has 0 aromatic heterocycles. The number of rotatable bonds is 2. The maximum absolute atomic E-state index is 13.5. The third-order valence-electron chi connectivity index (χ3n) is 5.13. The summed E-state index contributed by atoms with van der Waals surface area (Å²) in [6, 6.07) is 13.3. The molecule has 0 spiro atoms. The molecule has 3 atom stereocenters. The molecule has 4 rings (SSSR count). The Morgan fingerprint density at radius 1 is 1.04 bits per heavy atom. The van der Waals surface area contributed by atoms with Gasteiger partial charge in [-0.3, -0.25) is 4.79 Å². The molecule has 1 N–H and O–H groups in total. The molecule has 0 unspecified atom stereocenters. The SMILES string of the molecule is Cl.O=C(c1ccc(F)c(F)c1)N1C[C@@H]2CNC[C@@H]2[C@H]1c1ccccc1. The Labute approximate surface area is 151 Å². The fourth-order valence-electron chi connectivity index (χ4n) is 4.00. The van der Waals surface area contributed by atoms with Crippen LogP contribution in [0.2, 0.25) is 0 Å². The van der Waals surface area contributed by atoms with Crippen molar-refractivity contribution in [1.29, 1.82) is 0 Å². The van der Waals surface area contributed by atoms with Crippen molar-refractivity contribution >= 4 is 18.3 Å². The largest absolute Gasteiger partial charge is 0.331 e. The van der Waals surface area contributed by atoms with Crippen LogP contribution in [-0.4, -0.2) is 30.4 Å². The first-order valence-corrected chi connectivity index (χ1v) is 8.17. The molecule has 0 radical (unpaired) electrons. The number of fused-ring (bicyclic) bond motifs is 1. The second-order valence-electron chi connectivity index (χ2n) is 6.52. The standard InChI is InChI=1S/C19H18F2N2O.ClH/c20-16-7-6-13(8-17(16)21)19(24)23-11-14-9-22-10-15(14)18(23)12-4-2-1-3-5-12;/h1-8,14-15,18,22H,9-11H2;1H/t14-,15-,18+;/m0./s1. The molecule has 3 nitrogen and oxygen atoms in total. The van der Waals surface area contributed by atoms with Crippen molar-refractivity contribution in [1.82, 2.24) is 10.2 Å². The van der Waals surface area contributed by atoms with Crippen molar-refractivity contribution < 1.29 is 13.6 Å². The van der Waals surface area contributed by atoms with Gasteiger partial charge in [0.15, 0.2) is 11.6 Å². The Bertz CT molecular complexity index is 771. The minimum Gasteiger partial charge on any atom is -0.331 e. The van der Waals surface area contributed by atoms with Crippen LogP contribution in [0.5, 0.6) is 0 Å². The fourth-order valence-corrected chi connectivity index (χ4v) is 4.00. The summed E-state index contributed by atoms with van der Waals surface area (Å²) in [7, 11) is 0. The van der Waals surface area contributed by atoms with Crippen molar-refractivity contribution in [3.63, 3.8) is 0 Å². The molecule has 2 saturated heterocycles. The van der Waals surface area contributed by atoms with Gasteiger partial charge in [0.05, 0.1) is 6.04 Å². The third kappa shape index (κ3) is 3.14. The average molecular weight is 365 g/mol. The zero-order valence-electron chi connectivity index (χ0n) is 13.5. The fraction of sp³-hybridized carbons (Fsp3) is 0.316. The highest BCUT2D eigenvalue weighted by atomic mass is 35.5. The van der Waals surface area contributed by atoms with Gasteiger partial charge in [-0.2, -0.15) is 0 Å². The predicted octanol–water partition coefficient (Wildman–Crippen LogP) is 3.42. The first-order valence-electron chi connectivity index (χ1n) is 8.17. The van der Waals surface area contributed by atoms with Crippen molar-refractivity contribution in [2.45, 2.75) is 6.04 Å². The highest BCUT2D eigenvalue weighted by molar-refractivity contribution is 5.94. The lowest BCUT2D eigenvalue weighted by Gasteiger charge is -2.28. The van der Waals surface area contributed by atoms with Crippen LogP contribution in [0.15, 0.2) is 48.5 Å². The van der Waals surface area contributed by atoms with E-state index in [9.17, 15) is 13.6 Å². The first kappa shape index (κ1) is 17.8. The molecule has 0 saturated carbocycles. The summed E-state index contributed by atoms with van der Waals surface area (Å²) in [5, 5.41) is 3.39. The Kier molecular flexibility index (Phi) is 5.06. The maximum Gasteiger partial charge on any atom is 0.254 e. The molecule has 132 valence electrons. The normalized spacial score (nSPS) is 24.7. The van der Waals surface area contributed by atoms with Gasteiger partial charge in [-0.05, 0) is 29.7 Å². The number of carbonyl (C=O) groups excluding carboxylic acids is 1. The molecule has 2 fully saturated rings. The molecule has 2 aromatic carbocycles. The number of likely N-dealkylation sites (tertiary alicyclic amines) is 1. The molecular formula is C19H19ClF2N2O. The van der Waals surface area contributed by atoms with Crippen molar-refractivity contribution in [2.75, 3.05) is 19.6 Å². The monoisotopic (exact) mass is 364 g/mol. The van der Waals surface area contributed by atoms with Gasteiger partial charge in [0.25, 0.3) is 5.91 Å². The first-order chi connectivity index (χ1) is 11.6. The van der Waals surface area contributed by atoms with Gasteiger partial charge in [-0.15, -0.1) is 12.4 Å². The number of nitrogens with one attached hydrogen (secondary N) is 1. The van der Waals surface area contributed by atoms with Crippen LogP contribution in [0.1, 0.15) is 22.0 Å². The van der Waals surface area contributed by atoms with E-state index in [-0.39, 0.29) is 29.9 Å². The zero-order valence-corrected chi connectivity index (χ0v) is 14.3. The minimum absolute atomic E-state index is 0. The number of nitrogens with zero attached hydrogens (tertiary/aromatic N) is 1. The summed E-state index contributed by atoms with van der Waals surface area (Å²) in [6.07, 6.45) is 0. The van der Waals surface area contributed by atoms with Crippen LogP contribution in [0.4, 0.5) is 8.78 Å². The zero-order chi connectivity index (χ0) is 16.7. The van der Waals surface area contributed by atoms with E-state index >= 15 is 0 Å². The summed E-state index contributed by atoms with van der Waals surface area (Å²) in [6.45, 7) is 2.39. The summed E-state index contributed by atoms with van der Waals surface area (Å²) < 4.78 is 26.7. The second kappa shape index (κ2) is 7.10. The number of hydrogen-bond acceptors (Lipinski definition) is 2. The summed E-state index contributed by atoms with van der Waals surface area (Å²) in [4.78, 5) is 14.8. The van der Waals surface area contributed by atoms with Crippen LogP contribution in [0.3, 0.4) is 0 Å². The molecule has 6 heteroatoms. The molecule has 0 bridgehead atoms. The quantitative estimate of drug-likeness (QED) is 0.885. The molecule has 25 heavy (non-hydrogen) atoms. The lowest BCUT2D eigenvalue weighted by atomic mass is 9.89. The smallest absolute Gasteiger partial charge is 0.254 e. The third-order valence-corrected chi connectivity index (χ3v) is 5.13. The van der Waals surface area contributed by atoms with Crippen LogP contribution < -0.4 is 5.32 Å². The van der Waals surface area contributed by atoms with Gasteiger partial charge in [0.2, 0.25) is 0 Å². The van der Waals surface area contributed by atoms with Gasteiger partial charge >= 0.3 is 0 Å². The lowest BCUT2D eigenvalue weighted by Crippen LogP contribution is -2.34. The summed E-state index contributed by atoms with van der Waals surface area (Å²) >= 11 is 0. The number of benzene rings is 2. The van der Waals surface area contributed by atoms with Gasteiger partial charge < -0.3 is 10.2 Å². The van der Waals surface area contributed by atoms with Gasteiger partial charge in [-0.25, -0.2) is 8.78 Å². The van der Waals surface area contributed by atoms with E-state index in [2.05, 4.69) is 5.32 Å². The Balaban J connectivity index is 0.00000182. The summed E-state index contributed by atoms with van der Waals surface area (Å²) in [5.41, 5.74) is 1.28. The van der Waals surface area contributed by atoms with Crippen LogP contribution in [0.25, 0.3) is 0 Å². The number of carbonyl (C=O) groups is 1. The van der Waals surface area contributed by atoms with Gasteiger partial charge in [-0.1, -0.05) is 30.3 Å². The van der Waals surface area contributed by atoms with E-state index in [1.807, 2.05) is 35.2 Å². The van der Waals surface area contributed by atoms with Crippen molar-refractivity contribution in [3.8, 4) is 0 Å². The van der Waals surface area contributed by atoms with Crippen molar-refractivity contribution in [2.24, 2.45) is 11.8 Å². The van der Waals surface area contributed by atoms with Crippen LogP contribution in [0, 0.1) is 23.5 Å². The molecular weight excluding hydrogens is 346 g/mol. The Morgan fingerprint density at radius 2 is 1.80 bits per heavy atom. The Hall–Kier alpha value is -1.98. The van der Waals surface area contributed by atoms with E-state index in [1.54, 1.807) is 0 Å². The lowest BCUT2D eigenvalue weighted by molar-refractivity contribution is 0.0713. The van der Waals surface area contributed by atoms with E-state index in [4.69, 9.17) is 0 Å². The highest BCUT2D eigenvalue weighted by Gasteiger charge is 2.46. The minimum atomic E-state index is -0.988. The van der Waals surface area contributed by atoms with E-state index in [0.29, 0.717) is 18.4 Å². The van der Waals surface area contributed by atoms with Crippen molar-refractivity contribution in [3.05, 3.63) is 71.3 Å². The molecule has 0 aliphatic carbocycles. The van der Waals surface area contributed by atoms with Gasteiger partial charge in [0, 0.05) is 31.1 Å². The van der Waals surface area contributed by atoms with Crippen LogP contribution in [-0.2, 0) is 0 Å². The molecule has 2 aliphatic heterocycles. The number of hydrogen-bond donors (Lipinski definition) is 1. The summed E-state index contributed by atoms with van der Waals surface area (Å²) in [5.74, 6) is -1.42. The maximum atomic E-state index is 13.5. The van der Waals surface area contributed by atoms with Gasteiger partial charge in [0.1, 0.15) is 0 Å². The number of amides is 1.